The van der Waals surface area contributed by atoms with Crippen molar-refractivity contribution in [3.63, 3.8) is 0 Å². The van der Waals surface area contributed by atoms with E-state index in [2.05, 4.69) is 18.7 Å². The Morgan fingerprint density at radius 3 is 2.53 bits per heavy atom. The number of aromatic hydroxyl groups is 1. The molecule has 3 saturated carbocycles. The summed E-state index contributed by atoms with van der Waals surface area (Å²) < 4.78 is 12.1. The van der Waals surface area contributed by atoms with Gasteiger partial charge in [0.05, 0.1) is 11.1 Å². The Bertz CT molecular complexity index is 879. The minimum atomic E-state index is -1.23. The lowest BCUT2D eigenvalue weighted by atomic mass is 9.42. The number of methoxy groups -OCH3 is 1. The Labute approximate surface area is 177 Å². The van der Waals surface area contributed by atoms with Crippen LogP contribution in [0.15, 0.2) is 12.1 Å². The Morgan fingerprint density at radius 2 is 1.90 bits per heavy atom. The molecule has 2 bridgehead atoms. The predicted octanol–water partition coefficient (Wildman–Crippen LogP) is 2.03. The van der Waals surface area contributed by atoms with Crippen LogP contribution < -0.4 is 4.74 Å². The van der Waals surface area contributed by atoms with Crippen LogP contribution in [0.5, 0.6) is 11.5 Å². The van der Waals surface area contributed by atoms with E-state index in [-0.39, 0.29) is 34.7 Å². The summed E-state index contributed by atoms with van der Waals surface area (Å²) in [4.78, 5) is 17.1. The Kier molecular flexibility index (Phi) is 4.41. The van der Waals surface area contributed by atoms with E-state index in [1.165, 1.54) is 0 Å². The number of hydrogen-bond acceptors (Lipinski definition) is 6. The highest BCUT2D eigenvalue weighted by atomic mass is 16.5. The van der Waals surface area contributed by atoms with Crippen LogP contribution in [-0.4, -0.2) is 78.0 Å². The van der Waals surface area contributed by atoms with Crippen molar-refractivity contribution < 1.29 is 24.5 Å². The standard InChI is InChI=1S/C23H32N2O5/c1-22(2)13-11-16(22)23(28)17(12-13)30-15-6-5-14(19(26)18(15)20(23)29-4)21(27)25-9-7-24(3)8-10-25/h5-6,13,16-17,20,26,28H,7-12H2,1-4H3/t13-,16-,17-,20+,23-/m1/s1. The Morgan fingerprint density at radius 1 is 1.20 bits per heavy atom. The van der Waals surface area contributed by atoms with Crippen molar-refractivity contribution in [3.8, 4) is 11.5 Å². The van der Waals surface area contributed by atoms with Gasteiger partial charge in [0.1, 0.15) is 29.3 Å². The molecule has 6 rings (SSSR count). The van der Waals surface area contributed by atoms with E-state index in [1.807, 2.05) is 7.05 Å². The van der Waals surface area contributed by atoms with Gasteiger partial charge in [-0.1, -0.05) is 13.8 Å². The molecule has 3 aliphatic carbocycles. The summed E-state index contributed by atoms with van der Waals surface area (Å²) in [5.74, 6) is 0.708. The number of aliphatic hydroxyl groups is 1. The molecule has 0 aromatic heterocycles. The average Bonchev–Trinajstić information content (AvgIpc) is 2.71. The van der Waals surface area contributed by atoms with Crippen molar-refractivity contribution in [2.75, 3.05) is 40.3 Å². The van der Waals surface area contributed by atoms with Gasteiger partial charge in [0.15, 0.2) is 0 Å². The number of phenolic OH excluding ortho intramolecular Hbond substituents is 1. The van der Waals surface area contributed by atoms with E-state index < -0.39 is 11.7 Å². The van der Waals surface area contributed by atoms with Gasteiger partial charge in [0.25, 0.3) is 5.91 Å². The lowest BCUT2D eigenvalue weighted by Gasteiger charge is -2.67. The summed E-state index contributed by atoms with van der Waals surface area (Å²) in [5, 5.41) is 23.1. The molecule has 5 aliphatic rings. The second-order valence-electron chi connectivity index (χ2n) is 10.1. The topological polar surface area (TPSA) is 82.5 Å². The zero-order valence-electron chi connectivity index (χ0n) is 18.2. The molecule has 0 unspecified atom stereocenters. The number of carbonyl (C=O) groups is 1. The minimum absolute atomic E-state index is 0.00816. The van der Waals surface area contributed by atoms with Gasteiger partial charge in [-0.3, -0.25) is 4.79 Å². The lowest BCUT2D eigenvalue weighted by Crippen LogP contribution is -2.72. The van der Waals surface area contributed by atoms with Crippen LogP contribution in [0.2, 0.25) is 0 Å². The van der Waals surface area contributed by atoms with Crippen LogP contribution in [0.1, 0.15) is 48.7 Å². The van der Waals surface area contributed by atoms with Gasteiger partial charge >= 0.3 is 0 Å². The maximum Gasteiger partial charge on any atom is 0.257 e. The van der Waals surface area contributed by atoms with Gasteiger partial charge in [-0.15, -0.1) is 0 Å². The van der Waals surface area contributed by atoms with E-state index in [4.69, 9.17) is 9.47 Å². The number of phenols is 1. The fourth-order valence-corrected chi connectivity index (χ4v) is 6.36. The fourth-order valence-electron chi connectivity index (χ4n) is 6.36. The average molecular weight is 417 g/mol. The monoisotopic (exact) mass is 416 g/mol. The summed E-state index contributed by atoms with van der Waals surface area (Å²) in [5.41, 5.74) is -0.594. The van der Waals surface area contributed by atoms with E-state index in [0.29, 0.717) is 30.3 Å². The number of rotatable bonds is 2. The zero-order valence-corrected chi connectivity index (χ0v) is 18.2. The third kappa shape index (κ3) is 2.52. The molecule has 4 fully saturated rings. The first-order chi connectivity index (χ1) is 14.2. The number of hydrogen-bond donors (Lipinski definition) is 2. The highest BCUT2D eigenvalue weighted by Gasteiger charge is 2.70. The van der Waals surface area contributed by atoms with Gasteiger partial charge in [-0.05, 0) is 49.3 Å². The van der Waals surface area contributed by atoms with E-state index in [0.717, 1.165) is 25.9 Å². The second kappa shape index (κ2) is 6.58. The van der Waals surface area contributed by atoms with Crippen molar-refractivity contribution in [3.05, 3.63) is 23.3 Å². The van der Waals surface area contributed by atoms with Crippen molar-refractivity contribution in [2.24, 2.45) is 17.3 Å². The predicted molar refractivity (Wildman–Crippen MR) is 111 cm³/mol. The molecule has 1 saturated heterocycles. The SMILES string of the molecule is CO[C@H]1c2c(ccc(C(=O)N3CCN(C)CC3)c2O)O[C@@H]2C[C@H]3C[C@H](C3(C)C)[C@@]21O. The number of carbonyl (C=O) groups excluding carboxylic acids is 1. The van der Waals surface area contributed by atoms with E-state index >= 15 is 0 Å². The number of fused-ring (bicyclic) bond motifs is 1. The normalized spacial score (nSPS) is 36.9. The van der Waals surface area contributed by atoms with Crippen molar-refractivity contribution in [1.29, 1.82) is 0 Å². The number of amides is 1. The van der Waals surface area contributed by atoms with Crippen molar-refractivity contribution in [1.82, 2.24) is 9.80 Å². The number of ether oxygens (including phenoxy) is 2. The van der Waals surface area contributed by atoms with Gasteiger partial charge in [-0.25, -0.2) is 0 Å². The molecule has 30 heavy (non-hydrogen) atoms. The first-order valence-corrected chi connectivity index (χ1v) is 10.9. The van der Waals surface area contributed by atoms with Crippen LogP contribution in [0.3, 0.4) is 0 Å². The van der Waals surface area contributed by atoms with Crippen LogP contribution >= 0.6 is 0 Å². The Hall–Kier alpha value is -1.83. The Balaban J connectivity index is 1.54. The smallest absolute Gasteiger partial charge is 0.257 e. The molecule has 0 radical (unpaired) electrons. The number of nitrogens with zero attached hydrogens (tertiary/aromatic N) is 2. The molecule has 7 heteroatoms. The summed E-state index contributed by atoms with van der Waals surface area (Å²) in [6.07, 6.45) is 0.587. The lowest BCUT2D eigenvalue weighted by molar-refractivity contribution is -0.293. The van der Waals surface area contributed by atoms with E-state index in [1.54, 1.807) is 24.1 Å². The molecular formula is C23H32N2O5. The molecule has 1 aromatic carbocycles. The van der Waals surface area contributed by atoms with Crippen LogP contribution in [-0.2, 0) is 4.74 Å². The van der Waals surface area contributed by atoms with Gasteiger partial charge in [0.2, 0.25) is 0 Å². The highest BCUT2D eigenvalue weighted by molar-refractivity contribution is 5.97. The zero-order chi connectivity index (χ0) is 21.4. The summed E-state index contributed by atoms with van der Waals surface area (Å²) >= 11 is 0. The maximum absolute atomic E-state index is 13.1. The van der Waals surface area contributed by atoms with Gasteiger partial charge < -0.3 is 29.5 Å². The second-order valence-corrected chi connectivity index (χ2v) is 10.1. The third-order valence-corrected chi connectivity index (χ3v) is 8.43. The van der Waals surface area contributed by atoms with Crippen molar-refractivity contribution >= 4 is 5.91 Å². The third-order valence-electron chi connectivity index (χ3n) is 8.43. The highest BCUT2D eigenvalue weighted by Crippen LogP contribution is 2.68. The minimum Gasteiger partial charge on any atom is -0.507 e. The molecular weight excluding hydrogens is 384 g/mol. The first-order valence-electron chi connectivity index (χ1n) is 10.9. The molecule has 2 N–H and O–H groups in total. The molecule has 1 aromatic rings. The number of piperazine rings is 1. The molecule has 2 heterocycles. The maximum atomic E-state index is 13.1. The first kappa shape index (κ1) is 20.1. The van der Waals surface area contributed by atoms with Crippen LogP contribution in [0.25, 0.3) is 0 Å². The molecule has 0 spiro atoms. The number of benzene rings is 1. The summed E-state index contributed by atoms with van der Waals surface area (Å²) in [7, 11) is 3.59. The van der Waals surface area contributed by atoms with Gasteiger partial charge in [0, 0.05) is 33.3 Å². The summed E-state index contributed by atoms with van der Waals surface area (Å²) in [6.45, 7) is 7.24. The molecule has 2 aliphatic heterocycles. The van der Waals surface area contributed by atoms with Crippen molar-refractivity contribution in [2.45, 2.75) is 44.5 Å². The largest absolute Gasteiger partial charge is 0.507 e. The van der Waals surface area contributed by atoms with Gasteiger partial charge in [-0.2, -0.15) is 0 Å². The molecule has 1 amide bonds. The van der Waals surface area contributed by atoms with E-state index in [9.17, 15) is 15.0 Å². The number of likely N-dealkylation sites (N-methyl/N-ethyl adjacent to an activating group) is 1. The van der Waals surface area contributed by atoms with Crippen LogP contribution in [0, 0.1) is 17.3 Å². The molecule has 5 atom stereocenters. The van der Waals surface area contributed by atoms with Crippen LogP contribution in [0.4, 0.5) is 0 Å². The quantitative estimate of drug-likeness (QED) is 0.768. The molecule has 7 nitrogen and oxygen atoms in total. The fraction of sp³-hybridized carbons (Fsp3) is 0.696. The summed E-state index contributed by atoms with van der Waals surface area (Å²) in [6, 6.07) is 3.38. The molecule has 164 valence electrons.